The van der Waals surface area contributed by atoms with E-state index >= 15 is 0 Å². The Balaban J connectivity index is 1.91. The van der Waals surface area contributed by atoms with Crippen LogP contribution in [0.15, 0.2) is 22.9 Å². The van der Waals surface area contributed by atoms with Gasteiger partial charge in [-0.25, -0.2) is 4.98 Å². The predicted molar refractivity (Wildman–Crippen MR) is 74.0 cm³/mol. The number of pyridine rings is 1. The van der Waals surface area contributed by atoms with E-state index in [4.69, 9.17) is 11.6 Å². The van der Waals surface area contributed by atoms with Crippen LogP contribution in [0.3, 0.4) is 0 Å². The first-order valence-electron chi connectivity index (χ1n) is 5.97. The van der Waals surface area contributed by atoms with Gasteiger partial charge in [0.15, 0.2) is 0 Å². The third-order valence-corrected chi connectivity index (χ3v) is 4.91. The van der Waals surface area contributed by atoms with Crippen molar-refractivity contribution in [2.45, 2.75) is 12.8 Å². The van der Waals surface area contributed by atoms with Crippen molar-refractivity contribution in [3.8, 4) is 0 Å². The Morgan fingerprint density at radius 2 is 2.29 bits per heavy atom. The molecule has 1 aromatic heterocycles. The lowest BCUT2D eigenvalue weighted by Gasteiger charge is -2.23. The highest BCUT2D eigenvalue weighted by Gasteiger charge is 2.29. The van der Waals surface area contributed by atoms with Crippen molar-refractivity contribution in [2.24, 2.45) is 11.8 Å². The molecule has 1 aliphatic heterocycles. The molecule has 3 rings (SSSR count). The van der Waals surface area contributed by atoms with Gasteiger partial charge in [-0.15, -0.1) is 0 Å². The second-order valence-electron chi connectivity index (χ2n) is 4.81. The van der Waals surface area contributed by atoms with Crippen LogP contribution in [0.4, 0.5) is 0 Å². The third kappa shape index (κ3) is 2.28. The van der Waals surface area contributed by atoms with Crippen molar-refractivity contribution >= 4 is 33.1 Å². The van der Waals surface area contributed by atoms with Crippen LogP contribution in [0.5, 0.6) is 0 Å². The Bertz CT molecular complexity index is 472. The fourth-order valence-electron chi connectivity index (χ4n) is 2.78. The maximum Gasteiger partial charge on any atom is 0.124 e. The molecule has 17 heavy (non-hydrogen) atoms. The Hall–Kier alpha value is -0.380. The molecule has 2 atom stereocenters. The van der Waals surface area contributed by atoms with E-state index in [2.05, 4.69) is 32.3 Å². The van der Waals surface area contributed by atoms with E-state index < -0.39 is 0 Å². The molecule has 0 amide bonds. The van der Waals surface area contributed by atoms with Gasteiger partial charge in [0.1, 0.15) is 4.60 Å². The minimum atomic E-state index is 0.690. The zero-order valence-electron chi connectivity index (χ0n) is 9.42. The maximum atomic E-state index is 6.10. The van der Waals surface area contributed by atoms with Crippen molar-refractivity contribution in [3.63, 3.8) is 0 Å². The van der Waals surface area contributed by atoms with Crippen LogP contribution in [-0.4, -0.2) is 18.1 Å². The molecule has 1 fully saturated rings. The molecular formula is C13H14BrClN2. The van der Waals surface area contributed by atoms with Gasteiger partial charge >= 0.3 is 0 Å². The summed E-state index contributed by atoms with van der Waals surface area (Å²) in [4.78, 5) is 4.27. The van der Waals surface area contributed by atoms with Crippen molar-refractivity contribution < 1.29 is 0 Å². The number of halogens is 2. The molecule has 0 radical (unpaired) electrons. The minimum Gasteiger partial charge on any atom is -0.316 e. The van der Waals surface area contributed by atoms with Crippen LogP contribution in [-0.2, 0) is 0 Å². The summed E-state index contributed by atoms with van der Waals surface area (Å²) < 4.78 is 0.722. The first-order valence-corrected chi connectivity index (χ1v) is 7.14. The summed E-state index contributed by atoms with van der Waals surface area (Å²) in [5.41, 5.74) is 2.57. The van der Waals surface area contributed by atoms with E-state index in [1.807, 2.05) is 12.3 Å². The lowest BCUT2D eigenvalue weighted by molar-refractivity contribution is 0.448. The van der Waals surface area contributed by atoms with Gasteiger partial charge < -0.3 is 5.32 Å². The summed E-state index contributed by atoms with van der Waals surface area (Å²) in [5, 5.41) is 4.15. The van der Waals surface area contributed by atoms with Crippen LogP contribution < -0.4 is 5.32 Å². The Kier molecular flexibility index (Phi) is 3.24. The summed E-state index contributed by atoms with van der Waals surface area (Å²) in [6.45, 7) is 2.29. The minimum absolute atomic E-state index is 0.690. The molecule has 0 saturated carbocycles. The number of rotatable bonds is 1. The fourth-order valence-corrected chi connectivity index (χ4v) is 3.17. The molecule has 1 aromatic rings. The van der Waals surface area contributed by atoms with Crippen LogP contribution in [0, 0.1) is 11.8 Å². The topological polar surface area (TPSA) is 24.9 Å². The van der Waals surface area contributed by atoms with Gasteiger partial charge in [-0.2, -0.15) is 0 Å². The van der Waals surface area contributed by atoms with Crippen LogP contribution in [0.25, 0.3) is 5.57 Å². The van der Waals surface area contributed by atoms with E-state index in [0.717, 1.165) is 23.5 Å². The number of allylic oxidation sites excluding steroid dienone is 1. The molecule has 0 bridgehead atoms. The van der Waals surface area contributed by atoms with E-state index in [1.165, 1.54) is 24.1 Å². The van der Waals surface area contributed by atoms with Crippen LogP contribution in [0.1, 0.15) is 18.4 Å². The lowest BCUT2D eigenvalue weighted by atomic mass is 9.81. The summed E-state index contributed by atoms with van der Waals surface area (Å²) in [7, 11) is 0. The quantitative estimate of drug-likeness (QED) is 0.803. The Morgan fingerprint density at radius 1 is 1.41 bits per heavy atom. The number of hydrogen-bond donors (Lipinski definition) is 1. The molecule has 1 N–H and O–H groups in total. The molecular weight excluding hydrogens is 300 g/mol. The van der Waals surface area contributed by atoms with Gasteiger partial charge in [-0.1, -0.05) is 17.7 Å². The first-order chi connectivity index (χ1) is 8.24. The molecule has 2 aliphatic rings. The summed E-state index contributed by atoms with van der Waals surface area (Å²) >= 11 is 9.42. The molecule has 0 spiro atoms. The highest BCUT2D eigenvalue weighted by Crippen LogP contribution is 2.36. The molecule has 1 aliphatic carbocycles. The second-order valence-corrected chi connectivity index (χ2v) is 5.97. The van der Waals surface area contributed by atoms with Gasteiger partial charge in [0.05, 0.1) is 5.02 Å². The van der Waals surface area contributed by atoms with Crippen LogP contribution >= 0.6 is 27.5 Å². The van der Waals surface area contributed by atoms with Crippen LogP contribution in [0.2, 0.25) is 5.02 Å². The van der Waals surface area contributed by atoms with Gasteiger partial charge in [0.25, 0.3) is 0 Å². The smallest absolute Gasteiger partial charge is 0.124 e. The summed E-state index contributed by atoms with van der Waals surface area (Å²) in [6, 6.07) is 2.01. The van der Waals surface area contributed by atoms with E-state index in [-0.39, 0.29) is 0 Å². The van der Waals surface area contributed by atoms with Crippen molar-refractivity contribution in [1.82, 2.24) is 10.3 Å². The van der Waals surface area contributed by atoms with Gasteiger partial charge in [-0.3, -0.25) is 0 Å². The lowest BCUT2D eigenvalue weighted by Crippen LogP contribution is -2.15. The number of hydrogen-bond acceptors (Lipinski definition) is 2. The van der Waals surface area contributed by atoms with Gasteiger partial charge in [0, 0.05) is 12.7 Å². The molecule has 2 unspecified atom stereocenters. The maximum absolute atomic E-state index is 6.10. The average molecular weight is 314 g/mol. The highest BCUT2D eigenvalue weighted by molar-refractivity contribution is 9.10. The fraction of sp³-hybridized carbons (Fsp3) is 0.462. The second kappa shape index (κ2) is 4.71. The normalized spacial score (nSPS) is 27.8. The first kappa shape index (κ1) is 11.7. The summed E-state index contributed by atoms with van der Waals surface area (Å²) in [6.07, 6.45) is 6.74. The van der Waals surface area contributed by atoms with Crippen molar-refractivity contribution in [2.75, 3.05) is 13.1 Å². The third-order valence-electron chi connectivity index (χ3n) is 3.76. The van der Waals surface area contributed by atoms with Gasteiger partial charge in [0.2, 0.25) is 0 Å². The van der Waals surface area contributed by atoms with Crippen molar-refractivity contribution in [1.29, 1.82) is 0 Å². The van der Waals surface area contributed by atoms with Crippen molar-refractivity contribution in [3.05, 3.63) is 33.5 Å². The molecule has 2 heterocycles. The van der Waals surface area contributed by atoms with E-state index in [1.54, 1.807) is 0 Å². The van der Waals surface area contributed by atoms with E-state index in [9.17, 15) is 0 Å². The Labute approximate surface area is 115 Å². The Morgan fingerprint density at radius 3 is 3.12 bits per heavy atom. The molecule has 90 valence electrons. The zero-order valence-corrected chi connectivity index (χ0v) is 11.8. The standard InChI is InChI=1S/C13H14BrClN2/c14-13-12(15)4-11(7-17-13)8-1-2-9-5-16-6-10(9)3-8/h3-4,7,9-10,16H,1-2,5-6H2. The number of nitrogens with zero attached hydrogens (tertiary/aromatic N) is 1. The molecule has 1 saturated heterocycles. The molecule has 0 aromatic carbocycles. The monoisotopic (exact) mass is 312 g/mol. The molecule has 4 heteroatoms. The largest absolute Gasteiger partial charge is 0.316 e. The predicted octanol–water partition coefficient (Wildman–Crippen LogP) is 3.51. The average Bonchev–Trinajstić information content (AvgIpc) is 2.79. The van der Waals surface area contributed by atoms with E-state index in [0.29, 0.717) is 10.9 Å². The zero-order chi connectivity index (χ0) is 11.8. The SMILES string of the molecule is Clc1cc(C2=CC3CNCC3CC2)cnc1Br. The number of nitrogens with one attached hydrogen (secondary N) is 1. The number of fused-ring (bicyclic) bond motifs is 1. The highest BCUT2D eigenvalue weighted by atomic mass is 79.9. The molecule has 2 nitrogen and oxygen atoms in total. The number of aromatic nitrogens is 1. The summed E-state index contributed by atoms with van der Waals surface area (Å²) in [5.74, 6) is 1.53. The van der Waals surface area contributed by atoms with Gasteiger partial charge in [-0.05, 0) is 64.4 Å².